The van der Waals surface area contributed by atoms with E-state index >= 15 is 0 Å². The molecule has 2 aliphatic rings. The Morgan fingerprint density at radius 2 is 1.88 bits per heavy atom. The van der Waals surface area contributed by atoms with E-state index in [0.29, 0.717) is 23.3 Å². The Labute approximate surface area is 149 Å². The maximum Gasteiger partial charge on any atom is 0.411 e. The summed E-state index contributed by atoms with van der Waals surface area (Å²) in [4.78, 5) is 28.1. The Morgan fingerprint density at radius 1 is 1.17 bits per heavy atom. The van der Waals surface area contributed by atoms with Crippen LogP contribution in [0.5, 0.6) is 0 Å². The van der Waals surface area contributed by atoms with Crippen LogP contribution in [-0.2, 0) is 16.1 Å². The van der Waals surface area contributed by atoms with Gasteiger partial charge in [0.1, 0.15) is 18.7 Å². The van der Waals surface area contributed by atoms with Gasteiger partial charge in [0.25, 0.3) is 0 Å². The summed E-state index contributed by atoms with van der Waals surface area (Å²) in [5.74, 6) is 1.94. The van der Waals surface area contributed by atoms with E-state index in [9.17, 15) is 9.59 Å². The summed E-state index contributed by atoms with van der Waals surface area (Å²) >= 11 is 3.08. The summed E-state index contributed by atoms with van der Waals surface area (Å²) in [5, 5.41) is 9.15. The molecule has 2 aliphatic heterocycles. The largest absolute Gasteiger partial charge is 0.445 e. The lowest BCUT2D eigenvalue weighted by Gasteiger charge is -2.27. The zero-order valence-corrected chi connectivity index (χ0v) is 14.6. The van der Waals surface area contributed by atoms with Gasteiger partial charge < -0.3 is 9.64 Å². The van der Waals surface area contributed by atoms with Crippen LogP contribution in [0.2, 0.25) is 0 Å². The molecule has 2 heterocycles. The van der Waals surface area contributed by atoms with Gasteiger partial charge in [-0.3, -0.25) is 9.69 Å². The highest BCUT2D eigenvalue weighted by molar-refractivity contribution is 7.99. The van der Waals surface area contributed by atoms with Crippen molar-refractivity contribution in [2.45, 2.75) is 18.7 Å². The second-order valence-electron chi connectivity index (χ2n) is 5.48. The number of benzene rings is 1. The van der Waals surface area contributed by atoms with Crippen LogP contribution in [0.25, 0.3) is 0 Å². The molecule has 0 aliphatic carbocycles. The van der Waals surface area contributed by atoms with Crippen LogP contribution in [-0.4, -0.2) is 57.1 Å². The van der Waals surface area contributed by atoms with Gasteiger partial charge in [0.05, 0.1) is 17.8 Å². The van der Waals surface area contributed by atoms with E-state index in [1.54, 1.807) is 16.7 Å². The lowest BCUT2D eigenvalue weighted by Crippen LogP contribution is -2.50. The van der Waals surface area contributed by atoms with Gasteiger partial charge in [-0.1, -0.05) is 30.3 Å². The molecule has 2 saturated heterocycles. The van der Waals surface area contributed by atoms with E-state index in [4.69, 9.17) is 10.00 Å². The first-order valence-electron chi connectivity index (χ1n) is 7.53. The molecule has 2 amide bonds. The van der Waals surface area contributed by atoms with Crippen molar-refractivity contribution in [3.05, 3.63) is 35.9 Å². The van der Waals surface area contributed by atoms with Crippen molar-refractivity contribution < 1.29 is 14.3 Å². The van der Waals surface area contributed by atoms with E-state index < -0.39 is 18.2 Å². The van der Waals surface area contributed by atoms with Gasteiger partial charge in [-0.15, -0.1) is 23.5 Å². The molecule has 3 rings (SSSR count). The average molecular weight is 363 g/mol. The Balaban J connectivity index is 1.61. The topological polar surface area (TPSA) is 73.6 Å². The second-order valence-corrected chi connectivity index (χ2v) is 7.48. The van der Waals surface area contributed by atoms with Crippen molar-refractivity contribution in [2.75, 3.05) is 23.3 Å². The molecule has 0 aromatic heterocycles. The van der Waals surface area contributed by atoms with Crippen molar-refractivity contribution in [3.8, 4) is 6.07 Å². The van der Waals surface area contributed by atoms with Crippen LogP contribution in [0.4, 0.5) is 4.79 Å². The van der Waals surface area contributed by atoms with E-state index in [2.05, 4.69) is 6.07 Å². The number of amides is 2. The standard InChI is InChI=1S/C16H17N3O3S2/c17-6-13-8-23-10-18(13)15(20)14-9-24-11-19(14)16(21)22-7-12-4-2-1-3-5-12/h1-5,13-14H,7-11H2/t13-,14+/m1/s1. The number of thioether (sulfide) groups is 2. The van der Waals surface area contributed by atoms with Gasteiger partial charge in [0, 0.05) is 11.5 Å². The monoisotopic (exact) mass is 363 g/mol. The fourth-order valence-corrected chi connectivity index (χ4v) is 4.81. The third-order valence-electron chi connectivity index (χ3n) is 3.92. The number of nitrogens with zero attached hydrogens (tertiary/aromatic N) is 3. The van der Waals surface area contributed by atoms with Crippen LogP contribution >= 0.6 is 23.5 Å². The molecule has 1 aromatic rings. The summed E-state index contributed by atoms with van der Waals surface area (Å²) in [7, 11) is 0. The fourth-order valence-electron chi connectivity index (χ4n) is 2.59. The van der Waals surface area contributed by atoms with Gasteiger partial charge in [-0.2, -0.15) is 5.26 Å². The summed E-state index contributed by atoms with van der Waals surface area (Å²) in [6.07, 6.45) is -0.484. The highest BCUT2D eigenvalue weighted by Gasteiger charge is 2.41. The first kappa shape index (κ1) is 17.0. The van der Waals surface area contributed by atoms with Crippen molar-refractivity contribution in [3.63, 3.8) is 0 Å². The summed E-state index contributed by atoms with van der Waals surface area (Å²) < 4.78 is 5.34. The van der Waals surface area contributed by atoms with Gasteiger partial charge in [0.2, 0.25) is 5.91 Å². The Bertz CT molecular complexity index is 650. The third kappa shape index (κ3) is 3.62. The number of carbonyl (C=O) groups excluding carboxylic acids is 2. The molecule has 2 fully saturated rings. The minimum absolute atomic E-state index is 0.159. The van der Waals surface area contributed by atoms with Crippen molar-refractivity contribution in [2.24, 2.45) is 0 Å². The Morgan fingerprint density at radius 3 is 2.62 bits per heavy atom. The molecule has 0 unspecified atom stereocenters. The predicted molar refractivity (Wildman–Crippen MR) is 93.2 cm³/mol. The molecular formula is C16H17N3O3S2. The third-order valence-corrected chi connectivity index (χ3v) is 5.95. The number of ether oxygens (including phenoxy) is 1. The molecule has 0 N–H and O–H groups in total. The molecule has 24 heavy (non-hydrogen) atoms. The van der Waals surface area contributed by atoms with E-state index in [0.717, 1.165) is 5.56 Å². The van der Waals surface area contributed by atoms with Gasteiger partial charge in [-0.25, -0.2) is 4.79 Å². The summed E-state index contributed by atoms with van der Waals surface area (Å²) in [6, 6.07) is 10.6. The summed E-state index contributed by atoms with van der Waals surface area (Å²) in [6.45, 7) is 0.183. The smallest absolute Gasteiger partial charge is 0.411 e. The number of carbonyl (C=O) groups is 2. The molecule has 2 atom stereocenters. The maximum absolute atomic E-state index is 12.7. The number of hydrogen-bond acceptors (Lipinski definition) is 6. The highest BCUT2D eigenvalue weighted by atomic mass is 32.2. The fraction of sp³-hybridized carbons (Fsp3) is 0.438. The van der Waals surface area contributed by atoms with E-state index in [1.807, 2.05) is 30.3 Å². The SMILES string of the molecule is N#C[C@@H]1CSCN1C(=O)[C@@H]1CSCN1C(=O)OCc1ccccc1. The van der Waals surface area contributed by atoms with Gasteiger partial charge in [-0.05, 0) is 5.56 Å². The van der Waals surface area contributed by atoms with Crippen LogP contribution in [0, 0.1) is 11.3 Å². The second kappa shape index (κ2) is 7.81. The molecule has 0 spiro atoms. The molecule has 8 heteroatoms. The molecule has 0 radical (unpaired) electrons. The first-order chi connectivity index (χ1) is 11.7. The maximum atomic E-state index is 12.7. The molecule has 0 saturated carbocycles. The molecule has 1 aromatic carbocycles. The quantitative estimate of drug-likeness (QED) is 0.819. The van der Waals surface area contributed by atoms with Crippen LogP contribution < -0.4 is 0 Å². The van der Waals surface area contributed by atoms with E-state index in [1.165, 1.54) is 16.7 Å². The van der Waals surface area contributed by atoms with Crippen LogP contribution in [0.1, 0.15) is 5.56 Å². The Kier molecular flexibility index (Phi) is 5.53. The minimum atomic E-state index is -0.548. The average Bonchev–Trinajstić information content (AvgIpc) is 3.28. The first-order valence-corrected chi connectivity index (χ1v) is 9.84. The molecule has 6 nitrogen and oxygen atoms in total. The van der Waals surface area contributed by atoms with Gasteiger partial charge in [0.15, 0.2) is 0 Å². The highest BCUT2D eigenvalue weighted by Crippen LogP contribution is 2.28. The van der Waals surface area contributed by atoms with Crippen molar-refractivity contribution in [1.82, 2.24) is 9.80 Å². The van der Waals surface area contributed by atoms with E-state index in [-0.39, 0.29) is 12.5 Å². The zero-order valence-electron chi connectivity index (χ0n) is 13.0. The number of rotatable bonds is 3. The van der Waals surface area contributed by atoms with Crippen molar-refractivity contribution >= 4 is 35.5 Å². The summed E-state index contributed by atoms with van der Waals surface area (Å²) in [5.41, 5.74) is 0.904. The molecule has 0 bridgehead atoms. The minimum Gasteiger partial charge on any atom is -0.445 e. The molecule has 126 valence electrons. The zero-order chi connectivity index (χ0) is 16.9. The molecular weight excluding hydrogens is 346 g/mol. The van der Waals surface area contributed by atoms with Crippen molar-refractivity contribution in [1.29, 1.82) is 5.26 Å². The lowest BCUT2D eigenvalue weighted by molar-refractivity contribution is -0.134. The Hall–Kier alpha value is -1.85. The number of nitriles is 1. The van der Waals surface area contributed by atoms with Crippen LogP contribution in [0.15, 0.2) is 30.3 Å². The number of hydrogen-bond donors (Lipinski definition) is 0. The predicted octanol–water partition coefficient (Wildman–Crippen LogP) is 2.12. The van der Waals surface area contributed by atoms with Crippen LogP contribution in [0.3, 0.4) is 0 Å². The lowest BCUT2D eigenvalue weighted by atomic mass is 10.2. The normalized spacial score (nSPS) is 23.1. The van der Waals surface area contributed by atoms with Gasteiger partial charge >= 0.3 is 6.09 Å².